The number of carbonyl (C=O) groups is 2. The molecular formula is C19H21Cl2N3O3. The molecule has 27 heavy (non-hydrogen) atoms. The van der Waals surface area contributed by atoms with Crippen molar-refractivity contribution < 1.29 is 14.3 Å². The highest BCUT2D eigenvalue weighted by atomic mass is 35.5. The molecule has 0 aromatic carbocycles. The Hall–Kier alpha value is -1.92. The summed E-state index contributed by atoms with van der Waals surface area (Å²) in [6.07, 6.45) is 5.85. The summed E-state index contributed by atoms with van der Waals surface area (Å²) >= 11 is 12.1. The van der Waals surface area contributed by atoms with Crippen molar-refractivity contribution in [3.63, 3.8) is 0 Å². The van der Waals surface area contributed by atoms with Crippen LogP contribution in [0.5, 0.6) is 0 Å². The average Bonchev–Trinajstić information content (AvgIpc) is 2.91. The van der Waals surface area contributed by atoms with Crippen LogP contribution in [-0.4, -0.2) is 44.9 Å². The van der Waals surface area contributed by atoms with Crippen LogP contribution in [0.15, 0.2) is 23.9 Å². The Morgan fingerprint density at radius 3 is 2.74 bits per heavy atom. The van der Waals surface area contributed by atoms with Crippen molar-refractivity contribution >= 4 is 40.7 Å². The largest absolute Gasteiger partial charge is 0.458 e. The number of esters is 1. The third-order valence-electron chi connectivity index (χ3n) is 4.50. The van der Waals surface area contributed by atoms with Crippen LogP contribution in [0.3, 0.4) is 0 Å². The van der Waals surface area contributed by atoms with Crippen molar-refractivity contribution in [1.82, 2.24) is 14.9 Å². The fraction of sp³-hybridized carbons (Fsp3) is 0.474. The van der Waals surface area contributed by atoms with E-state index in [9.17, 15) is 9.59 Å². The number of rotatable bonds is 3. The lowest BCUT2D eigenvalue weighted by Crippen LogP contribution is -2.43. The van der Waals surface area contributed by atoms with E-state index in [1.165, 1.54) is 6.20 Å². The van der Waals surface area contributed by atoms with Gasteiger partial charge in [0.1, 0.15) is 11.6 Å². The molecule has 1 aromatic heterocycles. The van der Waals surface area contributed by atoms with Gasteiger partial charge in [0.05, 0.1) is 16.9 Å². The van der Waals surface area contributed by atoms with Gasteiger partial charge in [0, 0.05) is 18.0 Å². The molecule has 1 unspecified atom stereocenters. The molecule has 1 amide bonds. The molecule has 2 atom stereocenters. The Morgan fingerprint density at radius 2 is 2.07 bits per heavy atom. The standard InChI is InChI=1S/C19H21Cl2N3O3/c1-10(17(26)27-19(2,3)4)24-9-12-6-5-11(7-13(12)16(24)25)15-14(20)8-22-18(21)23-15/h5,7-8,10,12H,6,9H2,1-4H3/t10-,12?/m0/s1. The summed E-state index contributed by atoms with van der Waals surface area (Å²) in [6, 6.07) is -0.649. The number of likely N-dealkylation sites (tertiary alicyclic amines) is 1. The number of carbonyl (C=O) groups excluding carboxylic acids is 2. The lowest BCUT2D eigenvalue weighted by molar-refractivity contribution is -0.162. The van der Waals surface area contributed by atoms with Gasteiger partial charge in [-0.25, -0.2) is 14.8 Å². The van der Waals surface area contributed by atoms with E-state index < -0.39 is 17.6 Å². The third kappa shape index (κ3) is 4.17. The van der Waals surface area contributed by atoms with Gasteiger partial charge < -0.3 is 9.64 Å². The molecule has 1 aromatic rings. The number of hydrogen-bond acceptors (Lipinski definition) is 5. The summed E-state index contributed by atoms with van der Waals surface area (Å²) in [4.78, 5) is 34.9. The van der Waals surface area contributed by atoms with Crippen LogP contribution in [-0.2, 0) is 14.3 Å². The van der Waals surface area contributed by atoms with Crippen LogP contribution in [0.4, 0.5) is 0 Å². The maximum Gasteiger partial charge on any atom is 0.329 e. The summed E-state index contributed by atoms with van der Waals surface area (Å²) in [5.74, 6) is -0.545. The highest BCUT2D eigenvalue weighted by molar-refractivity contribution is 6.33. The first kappa shape index (κ1) is 19.8. The molecule has 8 heteroatoms. The van der Waals surface area contributed by atoms with Gasteiger partial charge in [0.15, 0.2) is 0 Å². The molecule has 0 saturated carbocycles. The van der Waals surface area contributed by atoms with Crippen LogP contribution < -0.4 is 0 Å². The number of hydrogen-bond donors (Lipinski definition) is 0. The molecule has 1 aliphatic heterocycles. The minimum atomic E-state index is -0.649. The summed E-state index contributed by atoms with van der Waals surface area (Å²) in [5.41, 5.74) is 1.27. The van der Waals surface area contributed by atoms with E-state index in [2.05, 4.69) is 9.97 Å². The van der Waals surface area contributed by atoms with Gasteiger partial charge in [-0.05, 0) is 57.4 Å². The van der Waals surface area contributed by atoms with Crippen LogP contribution in [0.1, 0.15) is 39.8 Å². The number of amides is 1. The van der Waals surface area contributed by atoms with Crippen LogP contribution in [0, 0.1) is 5.92 Å². The number of nitrogens with zero attached hydrogens (tertiary/aromatic N) is 3. The molecule has 3 rings (SSSR count). The molecule has 144 valence electrons. The second-order valence-electron chi connectivity index (χ2n) is 7.69. The molecule has 0 spiro atoms. The van der Waals surface area contributed by atoms with E-state index in [0.717, 1.165) is 5.57 Å². The second-order valence-corrected chi connectivity index (χ2v) is 8.44. The molecule has 6 nitrogen and oxygen atoms in total. The van der Waals surface area contributed by atoms with Crippen LogP contribution >= 0.6 is 23.2 Å². The number of aromatic nitrogens is 2. The molecule has 0 radical (unpaired) electrons. The first-order chi connectivity index (χ1) is 12.6. The predicted molar refractivity (Wildman–Crippen MR) is 103 cm³/mol. The minimum Gasteiger partial charge on any atom is -0.458 e. The van der Waals surface area contributed by atoms with Crippen LogP contribution in [0.25, 0.3) is 5.57 Å². The second kappa shape index (κ2) is 7.24. The zero-order valence-corrected chi connectivity index (χ0v) is 17.1. The van der Waals surface area contributed by atoms with Crippen molar-refractivity contribution in [2.24, 2.45) is 5.92 Å². The van der Waals surface area contributed by atoms with Crippen molar-refractivity contribution in [1.29, 1.82) is 0 Å². The highest BCUT2D eigenvalue weighted by Gasteiger charge is 2.41. The van der Waals surface area contributed by atoms with Gasteiger partial charge in [-0.2, -0.15) is 0 Å². The van der Waals surface area contributed by atoms with Crippen molar-refractivity contribution in [3.05, 3.63) is 39.9 Å². The fourth-order valence-electron chi connectivity index (χ4n) is 3.20. The quantitative estimate of drug-likeness (QED) is 0.562. The zero-order chi connectivity index (χ0) is 19.9. The summed E-state index contributed by atoms with van der Waals surface area (Å²) in [5, 5.41) is 0.458. The topological polar surface area (TPSA) is 72.4 Å². The molecule has 0 bridgehead atoms. The molecule has 0 N–H and O–H groups in total. The van der Waals surface area contributed by atoms with E-state index in [1.807, 2.05) is 6.08 Å². The average molecular weight is 410 g/mol. The monoisotopic (exact) mass is 409 g/mol. The SMILES string of the molecule is C[C@@H](C(=O)OC(C)(C)C)N1CC2CC=C(c3nc(Cl)ncc3Cl)C=C2C1=O. The van der Waals surface area contributed by atoms with Gasteiger partial charge in [0.2, 0.25) is 5.28 Å². The normalized spacial score (nSPS) is 20.7. The van der Waals surface area contributed by atoms with E-state index >= 15 is 0 Å². The lowest BCUT2D eigenvalue weighted by Gasteiger charge is -2.27. The van der Waals surface area contributed by atoms with Gasteiger partial charge in [0.25, 0.3) is 5.91 Å². The van der Waals surface area contributed by atoms with E-state index in [4.69, 9.17) is 27.9 Å². The summed E-state index contributed by atoms with van der Waals surface area (Å²) in [7, 11) is 0. The first-order valence-electron chi connectivity index (χ1n) is 8.71. The third-order valence-corrected chi connectivity index (χ3v) is 4.96. The first-order valence-corrected chi connectivity index (χ1v) is 9.46. The molecule has 1 saturated heterocycles. The molecule has 2 aliphatic rings. The van der Waals surface area contributed by atoms with E-state index in [1.54, 1.807) is 38.7 Å². The molecule has 1 aliphatic carbocycles. The number of ether oxygens (including phenoxy) is 1. The van der Waals surface area contributed by atoms with Crippen molar-refractivity contribution in [2.45, 2.75) is 45.8 Å². The predicted octanol–water partition coefficient (Wildman–Crippen LogP) is 3.69. The Balaban J connectivity index is 1.82. The lowest BCUT2D eigenvalue weighted by atomic mass is 9.89. The van der Waals surface area contributed by atoms with Gasteiger partial charge in [-0.1, -0.05) is 17.7 Å². The Labute approximate surface area is 168 Å². The number of halogens is 2. The fourth-order valence-corrected chi connectivity index (χ4v) is 3.53. The Kier molecular flexibility index (Phi) is 5.32. The van der Waals surface area contributed by atoms with Crippen LogP contribution in [0.2, 0.25) is 10.3 Å². The molecule has 1 fully saturated rings. The van der Waals surface area contributed by atoms with Gasteiger partial charge in [-0.3, -0.25) is 4.79 Å². The Bertz CT molecular complexity index is 858. The van der Waals surface area contributed by atoms with E-state index in [-0.39, 0.29) is 17.1 Å². The number of fused-ring (bicyclic) bond motifs is 1. The smallest absolute Gasteiger partial charge is 0.329 e. The minimum absolute atomic E-state index is 0.0298. The number of allylic oxidation sites excluding steroid dienone is 3. The zero-order valence-electron chi connectivity index (χ0n) is 15.6. The van der Waals surface area contributed by atoms with Crippen molar-refractivity contribution in [2.75, 3.05) is 6.54 Å². The van der Waals surface area contributed by atoms with E-state index in [0.29, 0.717) is 29.3 Å². The van der Waals surface area contributed by atoms with Gasteiger partial charge >= 0.3 is 5.97 Å². The summed E-state index contributed by atoms with van der Waals surface area (Å²) < 4.78 is 5.42. The van der Waals surface area contributed by atoms with Crippen molar-refractivity contribution in [3.8, 4) is 0 Å². The Morgan fingerprint density at radius 1 is 1.37 bits per heavy atom. The maximum atomic E-state index is 12.9. The molecule has 2 heterocycles. The highest BCUT2D eigenvalue weighted by Crippen LogP contribution is 2.37. The van der Waals surface area contributed by atoms with Gasteiger partial charge in [-0.15, -0.1) is 0 Å². The summed E-state index contributed by atoms with van der Waals surface area (Å²) in [6.45, 7) is 7.59. The maximum absolute atomic E-state index is 12.9. The molecular weight excluding hydrogens is 389 g/mol.